The molecule has 7 nitrogen and oxygen atoms in total. The lowest BCUT2D eigenvalue weighted by atomic mass is 9.97. The second-order valence-corrected chi connectivity index (χ2v) is 10.2. The summed E-state index contributed by atoms with van der Waals surface area (Å²) in [6, 6.07) is 12.5. The van der Waals surface area contributed by atoms with Crippen molar-refractivity contribution in [1.29, 1.82) is 0 Å². The summed E-state index contributed by atoms with van der Waals surface area (Å²) in [6.07, 6.45) is 0.574. The lowest BCUT2D eigenvalue weighted by Crippen LogP contribution is -2.48. The summed E-state index contributed by atoms with van der Waals surface area (Å²) < 4.78 is 3.47. The average Bonchev–Trinajstić information content (AvgIpc) is 3.02. The summed E-state index contributed by atoms with van der Waals surface area (Å²) in [5, 5.41) is 0. The quantitative estimate of drug-likeness (QED) is 0.598. The lowest BCUT2D eigenvalue weighted by Gasteiger charge is -2.34. The van der Waals surface area contributed by atoms with E-state index in [0.29, 0.717) is 18.6 Å². The monoisotopic (exact) mass is 449 g/mol. The third-order valence-corrected chi connectivity index (χ3v) is 6.27. The second-order valence-electron chi connectivity index (χ2n) is 10.2. The van der Waals surface area contributed by atoms with E-state index in [1.807, 2.05) is 28.5 Å². The van der Waals surface area contributed by atoms with Crippen LogP contribution in [0.3, 0.4) is 0 Å². The molecule has 0 bridgehead atoms. The van der Waals surface area contributed by atoms with Gasteiger partial charge in [-0.05, 0) is 29.2 Å². The van der Waals surface area contributed by atoms with Crippen LogP contribution in [0.15, 0.2) is 41.2 Å². The topological polar surface area (TPSA) is 63.4 Å². The summed E-state index contributed by atoms with van der Waals surface area (Å²) in [4.78, 5) is 34.0. The van der Waals surface area contributed by atoms with E-state index in [1.54, 1.807) is 11.6 Å². The van der Waals surface area contributed by atoms with E-state index in [9.17, 15) is 9.59 Å². The van der Waals surface area contributed by atoms with Gasteiger partial charge in [-0.25, -0.2) is 9.78 Å². The average molecular weight is 450 g/mol. The van der Waals surface area contributed by atoms with Crippen molar-refractivity contribution in [3.05, 3.63) is 52.4 Å². The molecule has 4 rings (SSSR count). The van der Waals surface area contributed by atoms with Gasteiger partial charge in [0.05, 0.1) is 11.2 Å². The highest BCUT2D eigenvalue weighted by atomic mass is 16.2. The van der Waals surface area contributed by atoms with Crippen molar-refractivity contribution in [3.8, 4) is 11.3 Å². The molecule has 0 N–H and O–H groups in total. The van der Waals surface area contributed by atoms with Gasteiger partial charge in [0.15, 0.2) is 5.65 Å². The maximum absolute atomic E-state index is 12.8. The molecular weight excluding hydrogens is 414 g/mol. The summed E-state index contributed by atoms with van der Waals surface area (Å²) in [5.41, 5.74) is 4.69. The zero-order valence-electron chi connectivity index (χ0n) is 20.5. The summed E-state index contributed by atoms with van der Waals surface area (Å²) >= 11 is 0. The van der Waals surface area contributed by atoms with Crippen LogP contribution in [0.2, 0.25) is 0 Å². The van der Waals surface area contributed by atoms with Crippen LogP contribution in [-0.2, 0) is 24.9 Å². The maximum Gasteiger partial charge on any atom is 0.330 e. The fraction of sp³-hybridized carbons (Fsp3) is 0.500. The first-order valence-electron chi connectivity index (χ1n) is 11.8. The molecule has 1 fully saturated rings. The number of hydrogen-bond acceptors (Lipinski definition) is 4. The number of carbonyl (C=O) groups is 1. The van der Waals surface area contributed by atoms with Gasteiger partial charge < -0.3 is 4.90 Å². The summed E-state index contributed by atoms with van der Waals surface area (Å²) in [5.74, 6) is 0.240. The number of hydrogen-bond donors (Lipinski definition) is 0. The number of rotatable bonds is 5. The number of amides is 1. The minimum atomic E-state index is -0.0287. The molecular formula is C26H35N5O2. The molecule has 1 aliphatic rings. The van der Waals surface area contributed by atoms with Gasteiger partial charge >= 0.3 is 5.69 Å². The van der Waals surface area contributed by atoms with E-state index < -0.39 is 0 Å². The van der Waals surface area contributed by atoms with E-state index in [0.717, 1.165) is 49.5 Å². The Morgan fingerprint density at radius 2 is 1.79 bits per heavy atom. The molecule has 1 aliphatic heterocycles. The molecule has 1 saturated heterocycles. The molecule has 2 aromatic heterocycles. The Morgan fingerprint density at radius 3 is 2.45 bits per heavy atom. The largest absolute Gasteiger partial charge is 0.340 e. The van der Waals surface area contributed by atoms with E-state index in [2.05, 4.69) is 49.9 Å². The highest BCUT2D eigenvalue weighted by molar-refractivity contribution is 5.76. The van der Waals surface area contributed by atoms with Crippen LogP contribution in [0.1, 0.15) is 39.7 Å². The smallest absolute Gasteiger partial charge is 0.330 e. The van der Waals surface area contributed by atoms with Crippen molar-refractivity contribution in [2.75, 3.05) is 26.2 Å². The Balaban J connectivity index is 1.55. The Labute approximate surface area is 195 Å². The van der Waals surface area contributed by atoms with Gasteiger partial charge in [-0.15, -0.1) is 0 Å². The van der Waals surface area contributed by atoms with E-state index in [-0.39, 0.29) is 17.0 Å². The van der Waals surface area contributed by atoms with Crippen molar-refractivity contribution in [2.45, 2.75) is 47.2 Å². The van der Waals surface area contributed by atoms with Crippen LogP contribution < -0.4 is 5.69 Å². The first kappa shape index (κ1) is 23.2. The normalized spacial score (nSPS) is 15.4. The highest BCUT2D eigenvalue weighted by Crippen LogP contribution is 2.24. The number of benzene rings is 1. The SMILES string of the molecule is CCC(=O)N1CCN(Cc2cccc(-c3ccc4c(n3)n(C)c(=O)n4CC(C)(C)C)c2)CC1. The number of nitrogens with zero attached hydrogens (tertiary/aromatic N) is 5. The van der Waals surface area contributed by atoms with Gasteiger partial charge in [0, 0.05) is 58.3 Å². The van der Waals surface area contributed by atoms with Gasteiger partial charge in [0.2, 0.25) is 5.91 Å². The van der Waals surface area contributed by atoms with Crippen LogP contribution in [0.4, 0.5) is 0 Å². The lowest BCUT2D eigenvalue weighted by molar-refractivity contribution is -0.132. The van der Waals surface area contributed by atoms with Crippen LogP contribution in [0, 0.1) is 5.41 Å². The number of pyridine rings is 1. The number of imidazole rings is 1. The molecule has 0 aliphatic carbocycles. The molecule has 0 radical (unpaired) electrons. The van der Waals surface area contributed by atoms with Crippen LogP contribution in [-0.4, -0.2) is 56.0 Å². The number of fused-ring (bicyclic) bond motifs is 1. The molecule has 3 aromatic rings. The third-order valence-electron chi connectivity index (χ3n) is 6.27. The number of aromatic nitrogens is 3. The predicted octanol–water partition coefficient (Wildman–Crippen LogP) is 3.50. The van der Waals surface area contributed by atoms with E-state index in [1.165, 1.54) is 5.56 Å². The molecule has 3 heterocycles. The van der Waals surface area contributed by atoms with Crippen molar-refractivity contribution in [3.63, 3.8) is 0 Å². The minimum Gasteiger partial charge on any atom is -0.340 e. The number of aryl methyl sites for hydroxylation is 1. The van der Waals surface area contributed by atoms with Crippen molar-refractivity contribution < 1.29 is 4.79 Å². The summed E-state index contributed by atoms with van der Waals surface area (Å²) in [6.45, 7) is 13.2. The minimum absolute atomic E-state index is 0.000420. The van der Waals surface area contributed by atoms with Crippen molar-refractivity contribution >= 4 is 17.1 Å². The second kappa shape index (κ2) is 9.14. The molecule has 1 amide bonds. The first-order chi connectivity index (χ1) is 15.7. The van der Waals surface area contributed by atoms with E-state index >= 15 is 0 Å². The number of carbonyl (C=O) groups excluding carboxylic acids is 1. The Bertz CT molecular complexity index is 1210. The Morgan fingerprint density at radius 1 is 1.06 bits per heavy atom. The molecule has 0 atom stereocenters. The van der Waals surface area contributed by atoms with Gasteiger partial charge in [0.1, 0.15) is 0 Å². The molecule has 7 heteroatoms. The van der Waals surface area contributed by atoms with Crippen molar-refractivity contribution in [2.24, 2.45) is 12.5 Å². The van der Waals surface area contributed by atoms with Gasteiger partial charge in [0.25, 0.3) is 0 Å². The zero-order valence-corrected chi connectivity index (χ0v) is 20.5. The molecule has 1 aromatic carbocycles. The molecule has 0 unspecified atom stereocenters. The molecule has 33 heavy (non-hydrogen) atoms. The number of piperazine rings is 1. The van der Waals surface area contributed by atoms with E-state index in [4.69, 9.17) is 4.98 Å². The van der Waals surface area contributed by atoms with Gasteiger partial charge in [-0.3, -0.25) is 18.8 Å². The van der Waals surface area contributed by atoms with Gasteiger partial charge in [-0.2, -0.15) is 0 Å². The van der Waals surface area contributed by atoms with Gasteiger partial charge in [-0.1, -0.05) is 45.9 Å². The Hall–Kier alpha value is -2.93. The fourth-order valence-electron chi connectivity index (χ4n) is 4.53. The van der Waals surface area contributed by atoms with Crippen LogP contribution in [0.5, 0.6) is 0 Å². The predicted molar refractivity (Wildman–Crippen MR) is 132 cm³/mol. The third kappa shape index (κ3) is 5.03. The molecule has 0 saturated carbocycles. The maximum atomic E-state index is 12.8. The van der Waals surface area contributed by atoms with Crippen LogP contribution in [0.25, 0.3) is 22.4 Å². The fourth-order valence-corrected chi connectivity index (χ4v) is 4.53. The summed E-state index contributed by atoms with van der Waals surface area (Å²) in [7, 11) is 1.79. The molecule has 0 spiro atoms. The Kier molecular flexibility index (Phi) is 6.43. The van der Waals surface area contributed by atoms with Crippen LogP contribution >= 0.6 is 0 Å². The van der Waals surface area contributed by atoms with Crippen molar-refractivity contribution in [1.82, 2.24) is 23.9 Å². The first-order valence-corrected chi connectivity index (χ1v) is 11.8. The zero-order chi connectivity index (χ0) is 23.8. The standard InChI is InChI=1S/C26H35N5O2/c1-6-23(32)30-14-12-29(13-15-30)17-19-8-7-9-20(16-19)21-10-11-22-24(27-21)28(5)25(33)31(22)18-26(2,3)4/h7-11,16H,6,12-15,17-18H2,1-5H3. The molecule has 176 valence electrons. The highest BCUT2D eigenvalue weighted by Gasteiger charge is 2.21.